The Kier molecular flexibility index (Phi) is 6.11. The van der Waals surface area contributed by atoms with Gasteiger partial charge < -0.3 is 10.3 Å². The highest BCUT2D eigenvalue weighted by Crippen LogP contribution is 2.35. The molecule has 2 heterocycles. The van der Waals surface area contributed by atoms with Crippen LogP contribution in [-0.4, -0.2) is 27.7 Å². The molecule has 7 heteroatoms. The molecule has 2 aromatic heterocycles. The predicted molar refractivity (Wildman–Crippen MR) is 117 cm³/mol. The monoisotopic (exact) mass is 419 g/mol. The zero-order chi connectivity index (χ0) is 19.7. The minimum atomic E-state index is -0.0202. The normalized spacial score (nSPS) is 24.9. The van der Waals surface area contributed by atoms with Crippen molar-refractivity contribution in [2.75, 3.05) is 5.75 Å². The Morgan fingerprint density at radius 2 is 2.11 bits per heavy atom. The number of aryl methyl sites for hydroxylation is 1. The SMILES string of the molecule is C[C@H]1CCc2c(sc3nc(CSCC(=O)N[C@@H]4CCCC[C@@H]4C)[nH]c(=O)c23)C1. The highest BCUT2D eigenvalue weighted by Gasteiger charge is 2.24. The van der Waals surface area contributed by atoms with Gasteiger partial charge in [-0.25, -0.2) is 4.98 Å². The lowest BCUT2D eigenvalue weighted by molar-refractivity contribution is -0.119. The van der Waals surface area contributed by atoms with Gasteiger partial charge in [0.05, 0.1) is 16.9 Å². The maximum Gasteiger partial charge on any atom is 0.259 e. The van der Waals surface area contributed by atoms with Gasteiger partial charge in [0, 0.05) is 10.9 Å². The molecule has 28 heavy (non-hydrogen) atoms. The van der Waals surface area contributed by atoms with Gasteiger partial charge in [-0.1, -0.05) is 26.7 Å². The topological polar surface area (TPSA) is 74.8 Å². The van der Waals surface area contributed by atoms with Gasteiger partial charge in [0.15, 0.2) is 0 Å². The van der Waals surface area contributed by atoms with Crippen LogP contribution in [0.15, 0.2) is 4.79 Å². The zero-order valence-electron chi connectivity index (χ0n) is 16.7. The highest BCUT2D eigenvalue weighted by molar-refractivity contribution is 7.99. The zero-order valence-corrected chi connectivity index (χ0v) is 18.3. The first-order chi connectivity index (χ1) is 13.5. The average molecular weight is 420 g/mol. The first-order valence-electron chi connectivity index (χ1n) is 10.4. The summed E-state index contributed by atoms with van der Waals surface area (Å²) in [5.41, 5.74) is 1.19. The molecule has 3 atom stereocenters. The molecule has 2 aliphatic rings. The lowest BCUT2D eigenvalue weighted by Crippen LogP contribution is -2.41. The first-order valence-corrected chi connectivity index (χ1v) is 12.4. The van der Waals surface area contributed by atoms with E-state index in [2.05, 4.69) is 24.1 Å². The minimum Gasteiger partial charge on any atom is -0.352 e. The summed E-state index contributed by atoms with van der Waals surface area (Å²) in [6, 6.07) is 0.316. The largest absolute Gasteiger partial charge is 0.352 e. The highest BCUT2D eigenvalue weighted by atomic mass is 32.2. The summed E-state index contributed by atoms with van der Waals surface area (Å²) >= 11 is 3.19. The molecule has 0 radical (unpaired) electrons. The molecule has 2 N–H and O–H groups in total. The minimum absolute atomic E-state index is 0.0202. The quantitative estimate of drug-likeness (QED) is 0.767. The van der Waals surface area contributed by atoms with Gasteiger partial charge >= 0.3 is 0 Å². The molecular formula is C21H29N3O2S2. The fourth-order valence-electron chi connectivity index (χ4n) is 4.48. The van der Waals surface area contributed by atoms with Gasteiger partial charge in [-0.2, -0.15) is 0 Å². The Morgan fingerprint density at radius 1 is 1.29 bits per heavy atom. The number of thioether (sulfide) groups is 1. The van der Waals surface area contributed by atoms with Crippen molar-refractivity contribution in [3.05, 3.63) is 26.6 Å². The number of amides is 1. The molecule has 152 valence electrons. The van der Waals surface area contributed by atoms with E-state index in [0.29, 0.717) is 35.2 Å². The summed E-state index contributed by atoms with van der Waals surface area (Å²) in [6.07, 6.45) is 7.95. The van der Waals surface area contributed by atoms with Crippen LogP contribution in [-0.2, 0) is 23.4 Å². The van der Waals surface area contributed by atoms with Gasteiger partial charge in [0.2, 0.25) is 5.91 Å². The number of carbonyl (C=O) groups excluding carboxylic acids is 1. The Balaban J connectivity index is 1.37. The summed E-state index contributed by atoms with van der Waals surface area (Å²) in [7, 11) is 0. The number of aromatic nitrogens is 2. The van der Waals surface area contributed by atoms with Crippen LogP contribution in [0.1, 0.15) is 62.2 Å². The number of nitrogens with zero attached hydrogens (tertiary/aromatic N) is 1. The number of fused-ring (bicyclic) bond motifs is 3. The fourth-order valence-corrected chi connectivity index (χ4v) is 6.58. The van der Waals surface area contributed by atoms with Crippen LogP contribution in [0.4, 0.5) is 0 Å². The Labute approximate surface area is 174 Å². The van der Waals surface area contributed by atoms with Crippen molar-refractivity contribution < 1.29 is 4.79 Å². The third-order valence-corrected chi connectivity index (χ3v) is 8.24. The van der Waals surface area contributed by atoms with Crippen LogP contribution < -0.4 is 10.9 Å². The van der Waals surface area contributed by atoms with E-state index in [4.69, 9.17) is 4.98 Å². The number of hydrogen-bond acceptors (Lipinski definition) is 5. The van der Waals surface area contributed by atoms with Crippen molar-refractivity contribution in [2.24, 2.45) is 11.8 Å². The van der Waals surface area contributed by atoms with E-state index in [1.54, 1.807) is 11.3 Å². The van der Waals surface area contributed by atoms with Gasteiger partial charge in [0.1, 0.15) is 10.7 Å². The maximum atomic E-state index is 12.6. The fraction of sp³-hybridized carbons (Fsp3) is 0.667. The van der Waals surface area contributed by atoms with Crippen molar-refractivity contribution in [2.45, 2.75) is 70.6 Å². The first kappa shape index (κ1) is 20.0. The lowest BCUT2D eigenvalue weighted by Gasteiger charge is -2.29. The molecule has 2 aromatic rings. The van der Waals surface area contributed by atoms with Crippen LogP contribution >= 0.6 is 23.1 Å². The van der Waals surface area contributed by atoms with Gasteiger partial charge in [-0.3, -0.25) is 9.59 Å². The Morgan fingerprint density at radius 3 is 2.93 bits per heavy atom. The van der Waals surface area contributed by atoms with Gasteiger partial charge in [0.25, 0.3) is 5.56 Å². The predicted octanol–water partition coefficient (Wildman–Crippen LogP) is 4.04. The van der Waals surface area contributed by atoms with E-state index >= 15 is 0 Å². The number of rotatable bonds is 5. The molecule has 1 saturated carbocycles. The standard InChI is InChI=1S/C21H29N3O2S2/c1-12-7-8-14-16(9-12)28-21-19(14)20(26)23-17(24-21)10-27-11-18(25)22-15-6-4-3-5-13(15)2/h12-13,15H,3-11H2,1-2H3,(H,22,25)(H,23,24,26)/t12-,13-,15+/m0/s1. The maximum absolute atomic E-state index is 12.6. The molecule has 0 bridgehead atoms. The number of hydrogen-bond donors (Lipinski definition) is 2. The lowest BCUT2D eigenvalue weighted by atomic mass is 9.86. The number of nitrogens with one attached hydrogen (secondary N) is 2. The third kappa shape index (κ3) is 4.30. The van der Waals surface area contributed by atoms with E-state index in [1.165, 1.54) is 41.5 Å². The molecule has 0 aliphatic heterocycles. The van der Waals surface area contributed by atoms with Crippen LogP contribution in [0.2, 0.25) is 0 Å². The molecule has 0 aromatic carbocycles. The molecule has 1 fully saturated rings. The Bertz CT molecular complexity index is 920. The van der Waals surface area contributed by atoms with Crippen molar-refractivity contribution in [3.63, 3.8) is 0 Å². The van der Waals surface area contributed by atoms with Gasteiger partial charge in [-0.05, 0) is 49.5 Å². The molecule has 2 aliphatic carbocycles. The molecular weight excluding hydrogens is 390 g/mol. The summed E-state index contributed by atoms with van der Waals surface area (Å²) in [4.78, 5) is 34.7. The van der Waals surface area contributed by atoms with Crippen molar-refractivity contribution in [1.29, 1.82) is 0 Å². The molecule has 0 unspecified atom stereocenters. The van der Waals surface area contributed by atoms with E-state index < -0.39 is 0 Å². The number of aromatic amines is 1. The van der Waals surface area contributed by atoms with Crippen molar-refractivity contribution in [1.82, 2.24) is 15.3 Å². The average Bonchev–Trinajstić information content (AvgIpc) is 3.01. The summed E-state index contributed by atoms with van der Waals surface area (Å²) in [5.74, 6) is 2.97. The van der Waals surface area contributed by atoms with E-state index in [1.807, 2.05) is 0 Å². The molecule has 0 saturated heterocycles. The summed E-state index contributed by atoms with van der Waals surface area (Å²) in [5, 5.41) is 3.98. The van der Waals surface area contributed by atoms with Crippen molar-refractivity contribution >= 4 is 39.2 Å². The van der Waals surface area contributed by atoms with Crippen LogP contribution in [0.25, 0.3) is 10.2 Å². The van der Waals surface area contributed by atoms with E-state index in [0.717, 1.165) is 35.9 Å². The molecule has 5 nitrogen and oxygen atoms in total. The number of carbonyl (C=O) groups is 1. The second kappa shape index (κ2) is 8.57. The smallest absolute Gasteiger partial charge is 0.259 e. The van der Waals surface area contributed by atoms with Crippen LogP contribution in [0.5, 0.6) is 0 Å². The van der Waals surface area contributed by atoms with E-state index in [9.17, 15) is 9.59 Å². The van der Waals surface area contributed by atoms with Crippen molar-refractivity contribution in [3.8, 4) is 0 Å². The van der Waals surface area contributed by atoms with Gasteiger partial charge in [-0.15, -0.1) is 23.1 Å². The molecule has 1 amide bonds. The second-order valence-corrected chi connectivity index (χ2v) is 10.5. The molecule has 0 spiro atoms. The second-order valence-electron chi connectivity index (χ2n) is 8.47. The summed E-state index contributed by atoms with van der Waals surface area (Å²) in [6.45, 7) is 4.49. The van der Waals surface area contributed by atoms with E-state index in [-0.39, 0.29) is 11.5 Å². The number of thiophene rings is 1. The summed E-state index contributed by atoms with van der Waals surface area (Å²) < 4.78 is 0. The van der Waals surface area contributed by atoms with Crippen LogP contribution in [0.3, 0.4) is 0 Å². The third-order valence-electron chi connectivity index (χ3n) is 6.14. The number of H-pyrrole nitrogens is 1. The Hall–Kier alpha value is -1.34. The van der Waals surface area contributed by atoms with Crippen LogP contribution in [0, 0.1) is 11.8 Å². The molecule has 4 rings (SSSR count).